The van der Waals surface area contributed by atoms with Crippen LogP contribution in [0, 0.1) is 0 Å². The highest BCUT2D eigenvalue weighted by Gasteiger charge is 2.25. The molecule has 0 spiro atoms. The topological polar surface area (TPSA) is 44.3 Å². The zero-order valence-electron chi connectivity index (χ0n) is 11.6. The maximum atomic E-state index is 4.63. The Morgan fingerprint density at radius 1 is 1.39 bits per heavy atom. The summed E-state index contributed by atoms with van der Waals surface area (Å²) in [6.45, 7) is 6.28. The molecule has 1 aromatic heterocycles. The Morgan fingerprint density at radius 2 is 2.22 bits per heavy atom. The number of piperazine rings is 1. The van der Waals surface area contributed by atoms with Crippen LogP contribution in [-0.2, 0) is 0 Å². The van der Waals surface area contributed by atoms with Gasteiger partial charge in [0.15, 0.2) is 0 Å². The molecule has 1 unspecified atom stereocenters. The predicted molar refractivity (Wildman–Crippen MR) is 73.7 cm³/mol. The Labute approximate surface area is 109 Å². The van der Waals surface area contributed by atoms with Crippen molar-refractivity contribution >= 4 is 5.82 Å². The fourth-order valence-corrected chi connectivity index (χ4v) is 2.17. The van der Waals surface area contributed by atoms with Crippen molar-refractivity contribution in [1.82, 2.24) is 19.8 Å². The van der Waals surface area contributed by atoms with E-state index >= 15 is 0 Å². The van der Waals surface area contributed by atoms with Gasteiger partial charge in [-0.2, -0.15) is 0 Å². The Balaban J connectivity index is 2.11. The van der Waals surface area contributed by atoms with Gasteiger partial charge in [0.05, 0.1) is 6.04 Å². The van der Waals surface area contributed by atoms with E-state index in [4.69, 9.17) is 0 Å². The first-order chi connectivity index (χ1) is 8.70. The largest absolute Gasteiger partial charge is 0.370 e. The lowest BCUT2D eigenvalue weighted by molar-refractivity contribution is 0.109. The van der Waals surface area contributed by atoms with Crippen LogP contribution >= 0.6 is 0 Å². The van der Waals surface area contributed by atoms with Gasteiger partial charge in [-0.3, -0.25) is 4.90 Å². The van der Waals surface area contributed by atoms with Crippen LogP contribution in [0.15, 0.2) is 12.3 Å². The van der Waals surface area contributed by atoms with E-state index in [1.54, 1.807) is 0 Å². The van der Waals surface area contributed by atoms with Crippen molar-refractivity contribution in [1.29, 1.82) is 0 Å². The van der Waals surface area contributed by atoms with Crippen molar-refractivity contribution in [3.63, 3.8) is 0 Å². The lowest BCUT2D eigenvalue weighted by Crippen LogP contribution is -2.45. The Bertz CT molecular complexity index is 381. The number of nitrogens with zero attached hydrogens (tertiary/aromatic N) is 4. The minimum Gasteiger partial charge on any atom is -0.370 e. The van der Waals surface area contributed by atoms with Crippen LogP contribution in [0.3, 0.4) is 0 Å². The molecular formula is C13H23N5. The van der Waals surface area contributed by atoms with Crippen molar-refractivity contribution in [3.05, 3.63) is 18.1 Å². The monoisotopic (exact) mass is 249 g/mol. The van der Waals surface area contributed by atoms with E-state index in [-0.39, 0.29) is 0 Å². The minimum absolute atomic E-state index is 0.298. The highest BCUT2D eigenvalue weighted by atomic mass is 15.3. The van der Waals surface area contributed by atoms with Crippen LogP contribution in [0.2, 0.25) is 0 Å². The molecular weight excluding hydrogens is 226 g/mol. The molecule has 0 radical (unpaired) electrons. The molecule has 1 fully saturated rings. The lowest BCUT2D eigenvalue weighted by atomic mass is 10.1. The van der Waals surface area contributed by atoms with Crippen molar-refractivity contribution < 1.29 is 0 Å². The Hall–Kier alpha value is -1.20. The van der Waals surface area contributed by atoms with Crippen molar-refractivity contribution in [2.75, 3.05) is 45.6 Å². The van der Waals surface area contributed by atoms with Crippen molar-refractivity contribution in [2.45, 2.75) is 19.4 Å². The maximum absolute atomic E-state index is 4.63. The van der Waals surface area contributed by atoms with Gasteiger partial charge < -0.3 is 10.2 Å². The van der Waals surface area contributed by atoms with E-state index in [0.717, 1.165) is 44.2 Å². The number of hydrogen-bond donors (Lipinski definition) is 1. The molecule has 5 heteroatoms. The molecule has 0 bridgehead atoms. The fourth-order valence-electron chi connectivity index (χ4n) is 2.17. The third-order valence-electron chi connectivity index (χ3n) is 3.38. The number of aromatic nitrogens is 2. The summed E-state index contributed by atoms with van der Waals surface area (Å²) in [5.74, 6) is 1.86. The second-order valence-corrected chi connectivity index (χ2v) is 4.99. The van der Waals surface area contributed by atoms with Crippen LogP contribution in [0.5, 0.6) is 0 Å². The number of hydrogen-bond acceptors (Lipinski definition) is 5. The molecule has 2 heterocycles. The Kier molecular flexibility index (Phi) is 4.49. The summed E-state index contributed by atoms with van der Waals surface area (Å²) in [6.07, 6.45) is 2.95. The molecule has 100 valence electrons. The smallest absolute Gasteiger partial charge is 0.149 e. The summed E-state index contributed by atoms with van der Waals surface area (Å²) in [5.41, 5.74) is 0. The van der Waals surface area contributed by atoms with E-state index < -0.39 is 0 Å². The van der Waals surface area contributed by atoms with Crippen LogP contribution in [0.1, 0.15) is 25.2 Å². The highest BCUT2D eigenvalue weighted by Crippen LogP contribution is 2.20. The third kappa shape index (κ3) is 3.17. The van der Waals surface area contributed by atoms with Crippen molar-refractivity contribution in [2.24, 2.45) is 0 Å². The number of likely N-dealkylation sites (N-methyl/N-ethyl adjacent to an activating group) is 2. The first-order valence-electron chi connectivity index (χ1n) is 6.66. The quantitative estimate of drug-likeness (QED) is 0.869. The first kappa shape index (κ1) is 13.2. The van der Waals surface area contributed by atoms with Crippen LogP contribution in [0.25, 0.3) is 0 Å². The standard InChI is InChI=1S/C13H23N5/c1-4-6-14-12-5-7-15-13(16-12)11-10-17(2)8-9-18(11)3/h5,7,11H,4,6,8-10H2,1-3H3,(H,14,15,16). The summed E-state index contributed by atoms with van der Waals surface area (Å²) in [6, 6.07) is 2.23. The molecule has 1 saturated heterocycles. The molecule has 5 nitrogen and oxygen atoms in total. The summed E-state index contributed by atoms with van der Waals surface area (Å²) in [4.78, 5) is 13.7. The van der Waals surface area contributed by atoms with Crippen molar-refractivity contribution in [3.8, 4) is 0 Å². The summed E-state index contributed by atoms with van der Waals surface area (Å²) < 4.78 is 0. The van der Waals surface area contributed by atoms with Crippen LogP contribution in [0.4, 0.5) is 5.82 Å². The number of anilines is 1. The third-order valence-corrected chi connectivity index (χ3v) is 3.38. The molecule has 0 amide bonds. The highest BCUT2D eigenvalue weighted by molar-refractivity contribution is 5.33. The molecule has 1 atom stereocenters. The molecule has 0 aromatic carbocycles. The summed E-state index contributed by atoms with van der Waals surface area (Å²) in [7, 11) is 4.30. The molecule has 0 saturated carbocycles. The summed E-state index contributed by atoms with van der Waals surface area (Å²) >= 11 is 0. The average Bonchev–Trinajstić information content (AvgIpc) is 2.39. The molecule has 18 heavy (non-hydrogen) atoms. The molecule has 1 aliphatic rings. The van der Waals surface area contributed by atoms with Gasteiger partial charge >= 0.3 is 0 Å². The molecule has 1 aromatic rings. The molecule has 1 aliphatic heterocycles. The zero-order valence-corrected chi connectivity index (χ0v) is 11.6. The molecule has 0 aliphatic carbocycles. The second-order valence-electron chi connectivity index (χ2n) is 4.99. The van der Waals surface area contributed by atoms with E-state index in [1.165, 1.54) is 0 Å². The van der Waals surface area contributed by atoms with Gasteiger partial charge in [-0.25, -0.2) is 9.97 Å². The lowest BCUT2D eigenvalue weighted by Gasteiger charge is -2.36. The average molecular weight is 249 g/mol. The second kappa shape index (κ2) is 6.11. The van der Waals surface area contributed by atoms with Gasteiger partial charge in [0.2, 0.25) is 0 Å². The van der Waals surface area contributed by atoms with Gasteiger partial charge in [-0.15, -0.1) is 0 Å². The zero-order chi connectivity index (χ0) is 13.0. The maximum Gasteiger partial charge on any atom is 0.149 e. The van der Waals surface area contributed by atoms with Gasteiger partial charge in [-0.1, -0.05) is 6.92 Å². The predicted octanol–water partition coefficient (Wildman–Crippen LogP) is 1.22. The SMILES string of the molecule is CCCNc1ccnc(C2CN(C)CCN2C)n1. The normalized spacial score (nSPS) is 22.1. The minimum atomic E-state index is 0.298. The van der Waals surface area contributed by atoms with E-state index in [2.05, 4.69) is 46.1 Å². The Morgan fingerprint density at radius 3 is 3.00 bits per heavy atom. The number of rotatable bonds is 4. The van der Waals surface area contributed by atoms with Gasteiger partial charge in [0.25, 0.3) is 0 Å². The first-order valence-corrected chi connectivity index (χ1v) is 6.66. The van der Waals surface area contributed by atoms with E-state index in [9.17, 15) is 0 Å². The summed E-state index contributed by atoms with van der Waals surface area (Å²) in [5, 5.41) is 3.32. The van der Waals surface area contributed by atoms with E-state index in [1.807, 2.05) is 12.3 Å². The molecule has 1 N–H and O–H groups in total. The van der Waals surface area contributed by atoms with E-state index in [0.29, 0.717) is 6.04 Å². The van der Waals surface area contributed by atoms with Crippen LogP contribution in [-0.4, -0.2) is 60.0 Å². The van der Waals surface area contributed by atoms with Gasteiger partial charge in [-0.05, 0) is 26.6 Å². The van der Waals surface area contributed by atoms with Gasteiger partial charge in [0.1, 0.15) is 11.6 Å². The number of nitrogens with one attached hydrogen (secondary N) is 1. The fraction of sp³-hybridized carbons (Fsp3) is 0.692. The van der Waals surface area contributed by atoms with Gasteiger partial charge in [0, 0.05) is 32.4 Å². The molecule has 2 rings (SSSR count). The van der Waals surface area contributed by atoms with Crippen LogP contribution < -0.4 is 5.32 Å².